The molecule has 8 nitrogen and oxygen atoms in total. The molecule has 2 aromatic carbocycles. The third kappa shape index (κ3) is 6.43. The van der Waals surface area contributed by atoms with Gasteiger partial charge in [0.25, 0.3) is 17.1 Å². The van der Waals surface area contributed by atoms with Crippen LogP contribution < -0.4 is 9.47 Å². The van der Waals surface area contributed by atoms with E-state index in [4.69, 9.17) is 14.2 Å². The van der Waals surface area contributed by atoms with E-state index in [-0.39, 0.29) is 23.7 Å². The number of hydrogen-bond acceptors (Lipinski definition) is 7. The highest BCUT2D eigenvalue weighted by Gasteiger charge is 2.34. The van der Waals surface area contributed by atoms with E-state index in [1.54, 1.807) is 29.2 Å². The molecule has 0 spiro atoms. The maximum absolute atomic E-state index is 12.9. The fraction of sp³-hybridized carbons (Fsp3) is 0.346. The van der Waals surface area contributed by atoms with Crippen molar-refractivity contribution in [3.63, 3.8) is 0 Å². The van der Waals surface area contributed by atoms with Gasteiger partial charge in [0.05, 0.1) is 24.7 Å². The van der Waals surface area contributed by atoms with Crippen LogP contribution in [0.15, 0.2) is 53.4 Å². The minimum atomic E-state index is -0.301. The van der Waals surface area contributed by atoms with Gasteiger partial charge in [-0.15, -0.1) is 0 Å². The van der Waals surface area contributed by atoms with Crippen molar-refractivity contribution in [2.45, 2.75) is 13.3 Å². The number of hydrogen-bond donors (Lipinski definition) is 0. The molecule has 2 aliphatic rings. The largest absolute Gasteiger partial charge is 0.490 e. The Labute approximate surface area is 208 Å². The summed E-state index contributed by atoms with van der Waals surface area (Å²) in [5, 5.41) is -0.274. The lowest BCUT2D eigenvalue weighted by Gasteiger charge is -2.26. The summed E-state index contributed by atoms with van der Waals surface area (Å²) in [5.74, 6) is 0.509. The van der Waals surface area contributed by atoms with Crippen molar-refractivity contribution < 1.29 is 28.6 Å². The van der Waals surface area contributed by atoms with Crippen LogP contribution >= 0.6 is 11.8 Å². The number of morpholine rings is 1. The van der Waals surface area contributed by atoms with E-state index in [0.29, 0.717) is 67.8 Å². The predicted molar refractivity (Wildman–Crippen MR) is 133 cm³/mol. The summed E-state index contributed by atoms with van der Waals surface area (Å²) in [7, 11) is 0. The van der Waals surface area contributed by atoms with Crippen molar-refractivity contribution in [3.05, 3.63) is 64.6 Å². The molecule has 0 N–H and O–H groups in total. The molecule has 0 bridgehead atoms. The maximum Gasteiger partial charge on any atom is 0.293 e. The van der Waals surface area contributed by atoms with E-state index >= 15 is 0 Å². The lowest BCUT2D eigenvalue weighted by molar-refractivity contribution is -0.137. The summed E-state index contributed by atoms with van der Waals surface area (Å²) in [6.45, 7) is 4.67. The Morgan fingerprint density at radius 1 is 1.06 bits per heavy atom. The van der Waals surface area contributed by atoms with Gasteiger partial charge < -0.3 is 19.1 Å². The van der Waals surface area contributed by atoms with E-state index < -0.39 is 0 Å². The van der Waals surface area contributed by atoms with Crippen molar-refractivity contribution >= 4 is 34.9 Å². The van der Waals surface area contributed by atoms with Gasteiger partial charge in [0, 0.05) is 19.6 Å². The smallest absolute Gasteiger partial charge is 0.293 e. The minimum absolute atomic E-state index is 0.0975. The van der Waals surface area contributed by atoms with Gasteiger partial charge in [-0.1, -0.05) is 36.4 Å². The molecule has 4 rings (SSSR count). The number of ether oxygens (including phenoxy) is 3. The molecule has 0 aliphatic carbocycles. The molecule has 2 heterocycles. The van der Waals surface area contributed by atoms with Crippen LogP contribution in [0.5, 0.6) is 11.5 Å². The molecule has 0 unspecified atom stereocenters. The van der Waals surface area contributed by atoms with E-state index in [9.17, 15) is 14.4 Å². The Balaban J connectivity index is 1.42. The van der Waals surface area contributed by atoms with Crippen LogP contribution in [0.25, 0.3) is 6.08 Å². The summed E-state index contributed by atoms with van der Waals surface area (Å²) < 4.78 is 16.7. The monoisotopic (exact) mass is 496 g/mol. The van der Waals surface area contributed by atoms with E-state index in [2.05, 4.69) is 0 Å². The van der Waals surface area contributed by atoms with Gasteiger partial charge in [0.2, 0.25) is 0 Å². The zero-order valence-corrected chi connectivity index (χ0v) is 20.4. The lowest BCUT2D eigenvalue weighted by Crippen LogP contribution is -2.43. The predicted octanol–water partition coefficient (Wildman–Crippen LogP) is 3.60. The third-order valence-electron chi connectivity index (χ3n) is 5.62. The number of benzene rings is 2. The Bertz CT molecular complexity index is 1100. The van der Waals surface area contributed by atoms with Crippen LogP contribution in [-0.2, 0) is 20.7 Å². The van der Waals surface area contributed by atoms with Gasteiger partial charge in [-0.25, -0.2) is 0 Å². The van der Waals surface area contributed by atoms with E-state index in [1.807, 2.05) is 37.3 Å². The van der Waals surface area contributed by atoms with Crippen LogP contribution in [-0.4, -0.2) is 72.9 Å². The summed E-state index contributed by atoms with van der Waals surface area (Å²) in [6.07, 6.45) is 2.29. The van der Waals surface area contributed by atoms with Gasteiger partial charge >= 0.3 is 0 Å². The lowest BCUT2D eigenvalue weighted by atomic mass is 10.1. The van der Waals surface area contributed by atoms with Crippen molar-refractivity contribution in [2.24, 2.45) is 0 Å². The molecule has 9 heteroatoms. The van der Waals surface area contributed by atoms with Crippen LogP contribution in [0, 0.1) is 0 Å². The highest BCUT2D eigenvalue weighted by atomic mass is 32.2. The normalized spacial score (nSPS) is 17.2. The molecule has 0 radical (unpaired) electrons. The molecule has 2 aliphatic heterocycles. The third-order valence-corrected chi connectivity index (χ3v) is 6.53. The number of carbonyl (C=O) groups excluding carboxylic acids is 3. The van der Waals surface area contributed by atoms with Crippen molar-refractivity contribution in [2.75, 3.05) is 46.1 Å². The first-order valence-electron chi connectivity index (χ1n) is 11.6. The average molecular weight is 497 g/mol. The highest BCUT2D eigenvalue weighted by Crippen LogP contribution is 2.34. The molecule has 35 heavy (non-hydrogen) atoms. The average Bonchev–Trinajstić information content (AvgIpc) is 3.15. The van der Waals surface area contributed by atoms with Crippen molar-refractivity contribution in [3.8, 4) is 11.5 Å². The van der Waals surface area contributed by atoms with Gasteiger partial charge in [-0.3, -0.25) is 19.3 Å². The Morgan fingerprint density at radius 2 is 1.83 bits per heavy atom. The van der Waals surface area contributed by atoms with Gasteiger partial charge in [-0.2, -0.15) is 0 Å². The Kier molecular flexibility index (Phi) is 8.44. The first-order chi connectivity index (χ1) is 17.0. The summed E-state index contributed by atoms with van der Waals surface area (Å²) >= 11 is 0.931. The first-order valence-corrected chi connectivity index (χ1v) is 12.4. The molecule has 184 valence electrons. The molecule has 0 aromatic heterocycles. The number of thioether (sulfide) groups is 1. The second kappa shape index (κ2) is 11.9. The van der Waals surface area contributed by atoms with E-state index in [0.717, 1.165) is 17.3 Å². The topological polar surface area (TPSA) is 85.4 Å². The molecule has 0 saturated carbocycles. The maximum atomic E-state index is 12.9. The number of imide groups is 1. The second-order valence-corrected chi connectivity index (χ2v) is 8.98. The zero-order chi connectivity index (χ0) is 24.6. The molecule has 2 fully saturated rings. The molecule has 2 saturated heterocycles. The fourth-order valence-electron chi connectivity index (χ4n) is 3.78. The van der Waals surface area contributed by atoms with Crippen LogP contribution in [0.2, 0.25) is 0 Å². The molecule has 0 atom stereocenters. The SMILES string of the molecule is CCOc1cc(/C=C2\SC(=O)N(CCc3ccccc3)C2=O)ccc1OCC(=O)N1CCOCC1. The van der Waals surface area contributed by atoms with Crippen LogP contribution in [0.3, 0.4) is 0 Å². The molecular weight excluding hydrogens is 468 g/mol. The number of nitrogens with zero attached hydrogens (tertiary/aromatic N) is 2. The van der Waals surface area contributed by atoms with Crippen molar-refractivity contribution in [1.82, 2.24) is 9.80 Å². The van der Waals surface area contributed by atoms with Crippen LogP contribution in [0.1, 0.15) is 18.1 Å². The second-order valence-electron chi connectivity index (χ2n) is 7.99. The zero-order valence-electron chi connectivity index (χ0n) is 19.6. The number of amides is 3. The van der Waals surface area contributed by atoms with Gasteiger partial charge in [0.1, 0.15) is 0 Å². The van der Waals surface area contributed by atoms with Gasteiger partial charge in [0.15, 0.2) is 18.1 Å². The van der Waals surface area contributed by atoms with Gasteiger partial charge in [-0.05, 0) is 54.4 Å². The number of rotatable bonds is 9. The van der Waals surface area contributed by atoms with E-state index in [1.165, 1.54) is 4.90 Å². The summed E-state index contributed by atoms with van der Waals surface area (Å²) in [6, 6.07) is 15.0. The molecule has 2 aromatic rings. The first kappa shape index (κ1) is 24.8. The minimum Gasteiger partial charge on any atom is -0.490 e. The standard InChI is InChI=1S/C26H28N2O6S/c1-2-33-22-16-20(8-9-21(22)34-18-24(29)27-12-14-32-15-13-27)17-23-25(30)28(26(31)35-23)11-10-19-6-4-3-5-7-19/h3-9,16-17H,2,10-15,18H2,1H3/b23-17-. The highest BCUT2D eigenvalue weighted by molar-refractivity contribution is 8.18. The summed E-state index contributed by atoms with van der Waals surface area (Å²) in [4.78, 5) is 41.1. The Hall–Kier alpha value is -3.30. The summed E-state index contributed by atoms with van der Waals surface area (Å²) in [5.41, 5.74) is 1.77. The number of carbonyl (C=O) groups is 3. The fourth-order valence-corrected chi connectivity index (χ4v) is 4.64. The molecule has 3 amide bonds. The Morgan fingerprint density at radius 3 is 2.57 bits per heavy atom. The van der Waals surface area contributed by atoms with Crippen molar-refractivity contribution in [1.29, 1.82) is 0 Å². The quantitative estimate of drug-likeness (QED) is 0.491. The molecular formula is C26H28N2O6S. The van der Waals surface area contributed by atoms with Crippen LogP contribution in [0.4, 0.5) is 4.79 Å².